The van der Waals surface area contributed by atoms with Gasteiger partial charge in [-0.2, -0.15) is 0 Å². The van der Waals surface area contributed by atoms with E-state index >= 15 is 0 Å². The van der Waals surface area contributed by atoms with Crippen molar-refractivity contribution in [3.05, 3.63) is 60.2 Å². The van der Waals surface area contributed by atoms with E-state index in [0.29, 0.717) is 6.42 Å². The van der Waals surface area contributed by atoms with Crippen LogP contribution >= 0.6 is 0 Å². The zero-order chi connectivity index (χ0) is 11.4. The fourth-order valence-corrected chi connectivity index (χ4v) is 1.84. The van der Waals surface area contributed by atoms with E-state index < -0.39 is 0 Å². The zero-order valence-electron chi connectivity index (χ0n) is 9.31. The Balaban J connectivity index is 2.44. The summed E-state index contributed by atoms with van der Waals surface area (Å²) < 4.78 is 0. The Morgan fingerprint density at radius 1 is 0.938 bits per heavy atom. The molecule has 0 aliphatic heterocycles. The van der Waals surface area contributed by atoms with Gasteiger partial charge in [-0.1, -0.05) is 54.6 Å². The highest BCUT2D eigenvalue weighted by molar-refractivity contribution is 5.81. The summed E-state index contributed by atoms with van der Waals surface area (Å²) in [7, 11) is 0. The molecule has 0 N–H and O–H groups in total. The lowest BCUT2D eigenvalue weighted by molar-refractivity contribution is -0.116. The quantitative estimate of drug-likeness (QED) is 0.758. The van der Waals surface area contributed by atoms with Crippen LogP contribution in [0, 0.1) is 0 Å². The standard InChI is InChI=1S/C15H14O/c1-12(16)11-14-9-5-6-10-15(14)13-7-3-2-4-8-13/h2-10H,11H2,1H3. The molecule has 1 nitrogen and oxygen atoms in total. The van der Waals surface area contributed by atoms with Crippen LogP contribution in [0.5, 0.6) is 0 Å². The molecule has 80 valence electrons. The number of benzene rings is 2. The Bertz CT molecular complexity index is 486. The number of rotatable bonds is 3. The topological polar surface area (TPSA) is 17.1 Å². The Hall–Kier alpha value is -1.89. The molecule has 0 saturated carbocycles. The van der Waals surface area contributed by atoms with E-state index in [-0.39, 0.29) is 5.78 Å². The van der Waals surface area contributed by atoms with Crippen molar-refractivity contribution < 1.29 is 4.79 Å². The average Bonchev–Trinajstić information content (AvgIpc) is 2.30. The second-order valence-electron chi connectivity index (χ2n) is 3.90. The molecule has 0 amide bonds. The van der Waals surface area contributed by atoms with Crippen LogP contribution in [0.15, 0.2) is 54.6 Å². The zero-order valence-corrected chi connectivity index (χ0v) is 9.31. The summed E-state index contributed by atoms with van der Waals surface area (Å²) in [6.07, 6.45) is 0.505. The van der Waals surface area contributed by atoms with Crippen LogP contribution in [0.3, 0.4) is 0 Å². The number of hydrogen-bond acceptors (Lipinski definition) is 1. The van der Waals surface area contributed by atoms with Gasteiger partial charge < -0.3 is 0 Å². The van der Waals surface area contributed by atoms with Gasteiger partial charge in [-0.25, -0.2) is 0 Å². The van der Waals surface area contributed by atoms with Crippen LogP contribution in [-0.2, 0) is 11.2 Å². The number of carbonyl (C=O) groups is 1. The fourth-order valence-electron chi connectivity index (χ4n) is 1.84. The average molecular weight is 210 g/mol. The maximum Gasteiger partial charge on any atom is 0.134 e. The van der Waals surface area contributed by atoms with Crippen LogP contribution in [0.2, 0.25) is 0 Å². The minimum Gasteiger partial charge on any atom is -0.300 e. The number of carbonyl (C=O) groups excluding carboxylic acids is 1. The van der Waals surface area contributed by atoms with Gasteiger partial charge in [-0.3, -0.25) is 4.79 Å². The molecule has 0 bridgehead atoms. The van der Waals surface area contributed by atoms with Crippen molar-refractivity contribution in [1.82, 2.24) is 0 Å². The molecule has 0 atom stereocenters. The number of ketones is 1. The van der Waals surface area contributed by atoms with Crippen molar-refractivity contribution in [3.63, 3.8) is 0 Å². The second-order valence-corrected chi connectivity index (χ2v) is 3.90. The molecule has 0 aliphatic rings. The first-order chi connectivity index (χ1) is 7.77. The van der Waals surface area contributed by atoms with Crippen LogP contribution in [0.1, 0.15) is 12.5 Å². The molecule has 0 heterocycles. The third-order valence-electron chi connectivity index (χ3n) is 2.54. The van der Waals surface area contributed by atoms with Crippen molar-refractivity contribution in [2.24, 2.45) is 0 Å². The van der Waals surface area contributed by atoms with E-state index in [4.69, 9.17) is 0 Å². The van der Waals surface area contributed by atoms with Crippen molar-refractivity contribution >= 4 is 5.78 Å². The third kappa shape index (κ3) is 2.37. The van der Waals surface area contributed by atoms with E-state index in [0.717, 1.165) is 11.1 Å². The largest absolute Gasteiger partial charge is 0.300 e. The Kier molecular flexibility index (Phi) is 3.16. The predicted octanol–water partition coefficient (Wildman–Crippen LogP) is 3.49. The van der Waals surface area contributed by atoms with E-state index in [9.17, 15) is 4.79 Å². The highest BCUT2D eigenvalue weighted by Crippen LogP contribution is 2.23. The predicted molar refractivity (Wildman–Crippen MR) is 66.3 cm³/mol. The van der Waals surface area contributed by atoms with Crippen molar-refractivity contribution in [2.75, 3.05) is 0 Å². The maximum atomic E-state index is 11.2. The summed E-state index contributed by atoms with van der Waals surface area (Å²) >= 11 is 0. The lowest BCUT2D eigenvalue weighted by Crippen LogP contribution is -1.98. The summed E-state index contributed by atoms with van der Waals surface area (Å²) in [5, 5.41) is 0. The molecule has 2 aromatic carbocycles. The van der Waals surface area contributed by atoms with Crippen LogP contribution in [0.4, 0.5) is 0 Å². The molecule has 2 rings (SSSR count). The third-order valence-corrected chi connectivity index (χ3v) is 2.54. The van der Waals surface area contributed by atoms with E-state index in [1.165, 1.54) is 5.56 Å². The minimum absolute atomic E-state index is 0.198. The monoisotopic (exact) mass is 210 g/mol. The van der Waals surface area contributed by atoms with Gasteiger partial charge in [-0.05, 0) is 23.6 Å². The summed E-state index contributed by atoms with van der Waals surface area (Å²) in [5.41, 5.74) is 3.42. The normalized spacial score (nSPS) is 10.1. The van der Waals surface area contributed by atoms with Crippen LogP contribution in [0.25, 0.3) is 11.1 Å². The molecule has 0 unspecified atom stereocenters. The molecule has 0 spiro atoms. The lowest BCUT2D eigenvalue weighted by Gasteiger charge is -2.07. The van der Waals surface area contributed by atoms with Gasteiger partial charge >= 0.3 is 0 Å². The Morgan fingerprint density at radius 3 is 2.25 bits per heavy atom. The molecule has 16 heavy (non-hydrogen) atoms. The summed E-state index contributed by atoms with van der Waals surface area (Å²) in [6, 6.07) is 18.2. The summed E-state index contributed by atoms with van der Waals surface area (Å²) in [5.74, 6) is 0.198. The molecule has 0 aliphatic carbocycles. The molecule has 1 heteroatoms. The summed E-state index contributed by atoms with van der Waals surface area (Å²) in [4.78, 5) is 11.2. The molecule has 0 fully saturated rings. The first-order valence-corrected chi connectivity index (χ1v) is 5.40. The van der Waals surface area contributed by atoms with E-state index in [1.807, 2.05) is 36.4 Å². The van der Waals surface area contributed by atoms with Crippen molar-refractivity contribution in [2.45, 2.75) is 13.3 Å². The van der Waals surface area contributed by atoms with Crippen LogP contribution < -0.4 is 0 Å². The van der Waals surface area contributed by atoms with Gasteiger partial charge in [0.15, 0.2) is 0 Å². The van der Waals surface area contributed by atoms with Crippen molar-refractivity contribution in [1.29, 1.82) is 0 Å². The number of hydrogen-bond donors (Lipinski definition) is 0. The molecule has 0 radical (unpaired) electrons. The highest BCUT2D eigenvalue weighted by atomic mass is 16.1. The first-order valence-electron chi connectivity index (χ1n) is 5.40. The molecular weight excluding hydrogens is 196 g/mol. The van der Waals surface area contributed by atoms with Gasteiger partial charge in [-0.15, -0.1) is 0 Å². The fraction of sp³-hybridized carbons (Fsp3) is 0.133. The van der Waals surface area contributed by atoms with Gasteiger partial charge in [0.05, 0.1) is 0 Å². The Morgan fingerprint density at radius 2 is 1.56 bits per heavy atom. The molecular formula is C15H14O. The number of Topliss-reactive ketones (excluding diaryl/α,β-unsaturated/α-hetero) is 1. The molecule has 0 saturated heterocycles. The van der Waals surface area contributed by atoms with Crippen molar-refractivity contribution in [3.8, 4) is 11.1 Å². The van der Waals surface area contributed by atoms with Gasteiger partial charge in [0.1, 0.15) is 5.78 Å². The summed E-state index contributed by atoms with van der Waals surface area (Å²) in [6.45, 7) is 1.63. The molecule has 2 aromatic rings. The van der Waals surface area contributed by atoms with Crippen LogP contribution in [-0.4, -0.2) is 5.78 Å². The molecule has 0 aromatic heterocycles. The second kappa shape index (κ2) is 4.75. The van der Waals surface area contributed by atoms with E-state index in [1.54, 1.807) is 6.92 Å². The maximum absolute atomic E-state index is 11.2. The lowest BCUT2D eigenvalue weighted by atomic mass is 9.97. The van der Waals surface area contributed by atoms with Gasteiger partial charge in [0.2, 0.25) is 0 Å². The Labute approximate surface area is 95.7 Å². The van der Waals surface area contributed by atoms with Gasteiger partial charge in [0.25, 0.3) is 0 Å². The van der Waals surface area contributed by atoms with Gasteiger partial charge in [0, 0.05) is 6.42 Å². The SMILES string of the molecule is CC(=O)Cc1ccccc1-c1ccccc1. The first kappa shape index (κ1) is 10.6. The highest BCUT2D eigenvalue weighted by Gasteiger charge is 2.05. The minimum atomic E-state index is 0.198. The van der Waals surface area contributed by atoms with E-state index in [2.05, 4.69) is 18.2 Å². The smallest absolute Gasteiger partial charge is 0.134 e.